The molecule has 0 aliphatic carbocycles. The van der Waals surface area contributed by atoms with Crippen LogP contribution in [0.3, 0.4) is 0 Å². The van der Waals surface area contributed by atoms with Crippen molar-refractivity contribution in [3.8, 4) is 0 Å². The summed E-state index contributed by atoms with van der Waals surface area (Å²) in [7, 11) is 0. The zero-order valence-electron chi connectivity index (χ0n) is 19.4. The maximum atomic E-state index is 12.9. The summed E-state index contributed by atoms with van der Waals surface area (Å²) in [6, 6.07) is 10.0. The van der Waals surface area contributed by atoms with Crippen molar-refractivity contribution in [3.63, 3.8) is 0 Å². The topological polar surface area (TPSA) is 157 Å². The molecule has 0 unspecified atom stereocenters. The molecule has 1 aliphatic heterocycles. The average Bonchev–Trinajstić information content (AvgIpc) is 3.06. The second-order valence-corrected chi connectivity index (χ2v) is 8.65. The Morgan fingerprint density at radius 3 is 2.45 bits per heavy atom. The maximum Gasteiger partial charge on any atom is 0.226 e. The first kappa shape index (κ1) is 26.2. The molecule has 9 nitrogen and oxygen atoms in total. The van der Waals surface area contributed by atoms with Crippen molar-refractivity contribution in [2.45, 2.75) is 63.8 Å². The number of nitrogens with two attached hydrogens (primary N) is 3. The Morgan fingerprint density at radius 2 is 1.76 bits per heavy atom. The number of carbonyl (C=O) groups excluding carboxylic acids is 3. The summed E-state index contributed by atoms with van der Waals surface area (Å²) in [4.78, 5) is 42.3. The van der Waals surface area contributed by atoms with Gasteiger partial charge in [0.15, 0.2) is 5.96 Å². The number of nitrogens with one attached hydrogen (secondary N) is 1. The van der Waals surface area contributed by atoms with Crippen LogP contribution in [0.5, 0.6) is 0 Å². The fraction of sp³-hybridized carbons (Fsp3) is 0.583. The fourth-order valence-corrected chi connectivity index (χ4v) is 4.25. The molecule has 3 amide bonds. The molecular formula is C24H38N6O3. The average molecular weight is 459 g/mol. The fourth-order valence-electron chi connectivity index (χ4n) is 4.25. The molecule has 2 atom stereocenters. The zero-order chi connectivity index (χ0) is 24.1. The Hall–Kier alpha value is -3.10. The highest BCUT2D eigenvalue weighted by molar-refractivity contribution is 5.87. The van der Waals surface area contributed by atoms with Gasteiger partial charge in [-0.1, -0.05) is 43.2 Å². The first-order valence-corrected chi connectivity index (χ1v) is 11.8. The second kappa shape index (κ2) is 14.1. The number of unbranched alkanes of at least 4 members (excludes halogenated alkanes) is 3. The van der Waals surface area contributed by atoms with Crippen molar-refractivity contribution < 1.29 is 14.4 Å². The Balaban J connectivity index is 1.76. The molecule has 1 aliphatic rings. The minimum absolute atomic E-state index is 0.0192. The van der Waals surface area contributed by atoms with Crippen LogP contribution in [0.25, 0.3) is 0 Å². The first-order valence-electron chi connectivity index (χ1n) is 11.8. The summed E-state index contributed by atoms with van der Waals surface area (Å²) in [5.41, 5.74) is 17.1. The van der Waals surface area contributed by atoms with E-state index in [-0.39, 0.29) is 30.2 Å². The Bertz CT molecular complexity index is 795. The molecule has 0 aromatic heterocycles. The SMILES string of the molecule is NC(=O)C[C@@H]1C[C@@H](CNC(=O)CCCCCCN=C(N)N)N(CCCc2ccccc2)C1=O. The second-order valence-electron chi connectivity index (χ2n) is 8.65. The van der Waals surface area contributed by atoms with Gasteiger partial charge in [-0.2, -0.15) is 0 Å². The van der Waals surface area contributed by atoms with Crippen LogP contribution < -0.4 is 22.5 Å². The summed E-state index contributed by atoms with van der Waals surface area (Å²) >= 11 is 0. The van der Waals surface area contributed by atoms with E-state index in [9.17, 15) is 14.4 Å². The van der Waals surface area contributed by atoms with Crippen LogP contribution in [0.15, 0.2) is 35.3 Å². The van der Waals surface area contributed by atoms with Crippen LogP contribution in [-0.4, -0.2) is 54.3 Å². The molecule has 0 saturated carbocycles. The lowest BCUT2D eigenvalue weighted by Crippen LogP contribution is -2.42. The van der Waals surface area contributed by atoms with Gasteiger partial charge in [0.1, 0.15) is 0 Å². The van der Waals surface area contributed by atoms with E-state index in [0.717, 1.165) is 38.5 Å². The van der Waals surface area contributed by atoms with Crippen molar-refractivity contribution >= 4 is 23.7 Å². The number of hydrogen-bond donors (Lipinski definition) is 4. The predicted molar refractivity (Wildman–Crippen MR) is 129 cm³/mol. The highest BCUT2D eigenvalue weighted by Gasteiger charge is 2.39. The lowest BCUT2D eigenvalue weighted by molar-refractivity contribution is -0.134. The van der Waals surface area contributed by atoms with Gasteiger partial charge in [0.2, 0.25) is 17.7 Å². The van der Waals surface area contributed by atoms with Crippen molar-refractivity contribution in [2.75, 3.05) is 19.6 Å². The number of primary amides is 1. The Kier molecular flexibility index (Phi) is 11.2. The quantitative estimate of drug-likeness (QED) is 0.175. The number of benzene rings is 1. The molecular weight excluding hydrogens is 420 g/mol. The van der Waals surface area contributed by atoms with Crippen molar-refractivity contribution in [1.82, 2.24) is 10.2 Å². The Morgan fingerprint density at radius 1 is 1.03 bits per heavy atom. The number of nitrogens with zero attached hydrogens (tertiary/aromatic N) is 2. The van der Waals surface area contributed by atoms with E-state index in [4.69, 9.17) is 17.2 Å². The number of aliphatic imine (C=N–C) groups is 1. The first-order chi connectivity index (χ1) is 15.9. The number of rotatable bonds is 15. The summed E-state index contributed by atoms with van der Waals surface area (Å²) in [6.07, 6.45) is 6.31. The van der Waals surface area contributed by atoms with Crippen LogP contribution in [-0.2, 0) is 20.8 Å². The third-order valence-corrected chi connectivity index (χ3v) is 5.93. The van der Waals surface area contributed by atoms with E-state index in [1.54, 1.807) is 0 Å². The molecule has 33 heavy (non-hydrogen) atoms. The normalized spacial score (nSPS) is 17.7. The molecule has 1 saturated heterocycles. The third kappa shape index (κ3) is 9.93. The van der Waals surface area contributed by atoms with Crippen LogP contribution in [0.2, 0.25) is 0 Å². The van der Waals surface area contributed by atoms with E-state index in [1.165, 1.54) is 5.56 Å². The van der Waals surface area contributed by atoms with Crippen molar-refractivity contribution in [3.05, 3.63) is 35.9 Å². The molecule has 182 valence electrons. The highest BCUT2D eigenvalue weighted by atomic mass is 16.2. The van der Waals surface area contributed by atoms with Crippen LogP contribution >= 0.6 is 0 Å². The standard InChI is InChI=1S/C24H38N6O3/c25-21(31)16-19-15-20(17-29-22(32)12-6-1-2-7-13-28-24(26)27)30(23(19)33)14-8-11-18-9-4-3-5-10-18/h3-5,9-10,19-20H,1-2,6-8,11-17H2,(H2,25,31)(H,29,32)(H4,26,27,28)/t19-,20-/m0/s1. The molecule has 1 fully saturated rings. The summed E-state index contributed by atoms with van der Waals surface area (Å²) < 4.78 is 0. The van der Waals surface area contributed by atoms with E-state index in [0.29, 0.717) is 32.5 Å². The molecule has 0 spiro atoms. The van der Waals surface area contributed by atoms with Gasteiger partial charge < -0.3 is 27.4 Å². The molecule has 2 rings (SSSR count). The highest BCUT2D eigenvalue weighted by Crippen LogP contribution is 2.27. The van der Waals surface area contributed by atoms with Crippen LogP contribution in [0.4, 0.5) is 0 Å². The zero-order valence-corrected chi connectivity index (χ0v) is 19.4. The molecule has 9 heteroatoms. The van der Waals surface area contributed by atoms with Gasteiger partial charge in [-0.15, -0.1) is 0 Å². The van der Waals surface area contributed by atoms with E-state index >= 15 is 0 Å². The van der Waals surface area contributed by atoms with Gasteiger partial charge in [0.05, 0.1) is 0 Å². The number of hydrogen-bond acceptors (Lipinski definition) is 4. The van der Waals surface area contributed by atoms with E-state index < -0.39 is 11.8 Å². The predicted octanol–water partition coefficient (Wildman–Crippen LogP) is 1.05. The summed E-state index contributed by atoms with van der Waals surface area (Å²) in [5.74, 6) is -0.823. The molecule has 7 N–H and O–H groups in total. The molecule has 0 bridgehead atoms. The maximum absolute atomic E-state index is 12.9. The van der Waals surface area contributed by atoms with E-state index in [1.807, 2.05) is 23.1 Å². The van der Waals surface area contributed by atoms with Crippen LogP contribution in [0, 0.1) is 5.92 Å². The van der Waals surface area contributed by atoms with Crippen molar-refractivity contribution in [2.24, 2.45) is 28.1 Å². The summed E-state index contributed by atoms with van der Waals surface area (Å²) in [6.45, 7) is 1.60. The van der Waals surface area contributed by atoms with Gasteiger partial charge in [0.25, 0.3) is 0 Å². The number of likely N-dealkylation sites (tertiary alicyclic amines) is 1. The van der Waals surface area contributed by atoms with Crippen molar-refractivity contribution in [1.29, 1.82) is 0 Å². The van der Waals surface area contributed by atoms with E-state index in [2.05, 4.69) is 22.4 Å². The van der Waals surface area contributed by atoms with Gasteiger partial charge in [0, 0.05) is 44.4 Å². The lowest BCUT2D eigenvalue weighted by Gasteiger charge is -2.25. The monoisotopic (exact) mass is 458 g/mol. The number of aryl methyl sites for hydroxylation is 1. The molecule has 1 aromatic carbocycles. The molecule has 0 radical (unpaired) electrons. The molecule has 1 aromatic rings. The minimum Gasteiger partial charge on any atom is -0.370 e. The van der Waals surface area contributed by atoms with Gasteiger partial charge in [-0.05, 0) is 37.7 Å². The number of guanidine groups is 1. The largest absolute Gasteiger partial charge is 0.370 e. The van der Waals surface area contributed by atoms with Gasteiger partial charge in [-0.25, -0.2) is 0 Å². The Labute approximate surface area is 196 Å². The van der Waals surface area contributed by atoms with Crippen LogP contribution in [0.1, 0.15) is 56.9 Å². The summed E-state index contributed by atoms with van der Waals surface area (Å²) in [5, 5.41) is 2.97. The number of amides is 3. The molecule has 1 heterocycles. The van der Waals surface area contributed by atoms with Gasteiger partial charge in [-0.3, -0.25) is 19.4 Å². The number of carbonyl (C=O) groups is 3. The minimum atomic E-state index is -0.470. The lowest BCUT2D eigenvalue weighted by atomic mass is 10.0. The van der Waals surface area contributed by atoms with Gasteiger partial charge >= 0.3 is 0 Å². The smallest absolute Gasteiger partial charge is 0.226 e. The third-order valence-electron chi connectivity index (χ3n) is 5.93.